The molecule has 0 aliphatic heterocycles. The van der Waals surface area contributed by atoms with E-state index >= 15 is 0 Å². The van der Waals surface area contributed by atoms with E-state index in [0.29, 0.717) is 11.8 Å². The Hall–Kier alpha value is -0.0900. The number of hydrogen-bond acceptors (Lipinski definition) is 3. The SMILES string of the molecule is CCC1CCCCC1(N)C1CCCC(S(C)(=O)=O)C1. The predicted octanol–water partition coefficient (Wildman–Crippen LogP) is 2.89. The summed E-state index contributed by atoms with van der Waals surface area (Å²) in [5, 5.41) is -0.147. The summed E-state index contributed by atoms with van der Waals surface area (Å²) < 4.78 is 23.7. The minimum Gasteiger partial charge on any atom is -0.325 e. The van der Waals surface area contributed by atoms with Gasteiger partial charge in [0.1, 0.15) is 9.84 Å². The van der Waals surface area contributed by atoms with Gasteiger partial charge in [0.15, 0.2) is 0 Å². The Morgan fingerprint density at radius 3 is 2.53 bits per heavy atom. The molecule has 4 heteroatoms. The number of hydrogen-bond donors (Lipinski definition) is 1. The van der Waals surface area contributed by atoms with Crippen molar-refractivity contribution < 1.29 is 8.42 Å². The molecule has 0 saturated heterocycles. The van der Waals surface area contributed by atoms with Crippen LogP contribution < -0.4 is 5.73 Å². The molecule has 2 N–H and O–H groups in total. The second kappa shape index (κ2) is 5.72. The number of sulfone groups is 1. The molecule has 0 heterocycles. The third-order valence-corrected chi connectivity index (χ3v) is 7.30. The quantitative estimate of drug-likeness (QED) is 0.868. The van der Waals surface area contributed by atoms with Crippen molar-refractivity contribution >= 4 is 9.84 Å². The lowest BCUT2D eigenvalue weighted by Gasteiger charge is -2.49. The van der Waals surface area contributed by atoms with Crippen LogP contribution in [-0.4, -0.2) is 25.5 Å². The van der Waals surface area contributed by atoms with E-state index in [9.17, 15) is 8.42 Å². The highest BCUT2D eigenvalue weighted by Gasteiger charge is 2.45. The lowest BCUT2D eigenvalue weighted by molar-refractivity contribution is 0.0878. The summed E-state index contributed by atoms with van der Waals surface area (Å²) in [5.74, 6) is 0.996. The molecule has 4 unspecified atom stereocenters. The van der Waals surface area contributed by atoms with Crippen LogP contribution in [0.25, 0.3) is 0 Å². The van der Waals surface area contributed by atoms with Crippen molar-refractivity contribution in [3.05, 3.63) is 0 Å². The molecule has 0 aromatic carbocycles. The first-order chi connectivity index (χ1) is 8.88. The van der Waals surface area contributed by atoms with Gasteiger partial charge in [0, 0.05) is 11.8 Å². The van der Waals surface area contributed by atoms with Crippen LogP contribution in [0.2, 0.25) is 0 Å². The molecule has 2 aliphatic rings. The summed E-state index contributed by atoms with van der Waals surface area (Å²) in [6.07, 6.45) is 11.1. The van der Waals surface area contributed by atoms with Gasteiger partial charge in [0.25, 0.3) is 0 Å². The van der Waals surface area contributed by atoms with E-state index in [1.54, 1.807) is 0 Å². The Labute approximate surface area is 118 Å². The fraction of sp³-hybridized carbons (Fsp3) is 1.00. The van der Waals surface area contributed by atoms with Gasteiger partial charge in [-0.25, -0.2) is 8.42 Å². The molecule has 2 rings (SSSR count). The zero-order chi connectivity index (χ0) is 14.1. The fourth-order valence-corrected chi connectivity index (χ4v) is 5.62. The molecule has 4 atom stereocenters. The van der Waals surface area contributed by atoms with Crippen molar-refractivity contribution in [3.8, 4) is 0 Å². The lowest BCUT2D eigenvalue weighted by Crippen LogP contribution is -2.56. The monoisotopic (exact) mass is 287 g/mol. The molecule has 0 bridgehead atoms. The standard InChI is InChI=1S/C15H29NO2S/c1-3-12-7-4-5-10-15(12,16)13-8-6-9-14(11-13)19(2,17)18/h12-14H,3-11,16H2,1-2H3. The van der Waals surface area contributed by atoms with Crippen molar-refractivity contribution in [2.75, 3.05) is 6.26 Å². The van der Waals surface area contributed by atoms with Gasteiger partial charge in [-0.05, 0) is 43.9 Å². The van der Waals surface area contributed by atoms with E-state index in [4.69, 9.17) is 5.73 Å². The van der Waals surface area contributed by atoms with Crippen LogP contribution in [0, 0.1) is 11.8 Å². The Morgan fingerprint density at radius 2 is 1.89 bits per heavy atom. The molecule has 112 valence electrons. The topological polar surface area (TPSA) is 60.2 Å². The smallest absolute Gasteiger partial charge is 0.150 e. The molecule has 0 spiro atoms. The van der Waals surface area contributed by atoms with E-state index in [1.807, 2.05) is 0 Å². The van der Waals surface area contributed by atoms with Gasteiger partial charge in [-0.1, -0.05) is 32.6 Å². The molecule has 2 saturated carbocycles. The lowest BCUT2D eigenvalue weighted by atomic mass is 9.62. The van der Waals surface area contributed by atoms with Gasteiger partial charge in [-0.15, -0.1) is 0 Å². The molecule has 19 heavy (non-hydrogen) atoms. The minimum atomic E-state index is -2.90. The van der Waals surface area contributed by atoms with E-state index in [-0.39, 0.29) is 10.8 Å². The van der Waals surface area contributed by atoms with E-state index in [0.717, 1.165) is 38.5 Å². The second-order valence-corrected chi connectivity index (χ2v) is 9.10. The van der Waals surface area contributed by atoms with Crippen LogP contribution in [0.3, 0.4) is 0 Å². The summed E-state index contributed by atoms with van der Waals surface area (Å²) in [6, 6.07) is 0. The highest BCUT2D eigenvalue weighted by atomic mass is 32.2. The maximum Gasteiger partial charge on any atom is 0.150 e. The molecule has 2 aliphatic carbocycles. The van der Waals surface area contributed by atoms with Crippen LogP contribution in [-0.2, 0) is 9.84 Å². The molecule has 2 fully saturated rings. The Morgan fingerprint density at radius 1 is 1.16 bits per heavy atom. The average molecular weight is 287 g/mol. The second-order valence-electron chi connectivity index (χ2n) is 6.78. The van der Waals surface area contributed by atoms with Gasteiger partial charge in [0.2, 0.25) is 0 Å². The predicted molar refractivity (Wildman–Crippen MR) is 79.8 cm³/mol. The summed E-state index contributed by atoms with van der Waals surface area (Å²) in [6.45, 7) is 2.23. The summed E-state index contributed by atoms with van der Waals surface area (Å²) in [5.41, 5.74) is 6.70. The molecule has 0 aromatic rings. The van der Waals surface area contributed by atoms with E-state index in [2.05, 4.69) is 6.92 Å². The van der Waals surface area contributed by atoms with Crippen LogP contribution in [0.5, 0.6) is 0 Å². The molecule has 0 amide bonds. The molecule has 0 radical (unpaired) electrons. The van der Waals surface area contributed by atoms with Crippen LogP contribution in [0.1, 0.15) is 64.7 Å². The number of nitrogens with two attached hydrogens (primary N) is 1. The van der Waals surface area contributed by atoms with Gasteiger partial charge in [0.05, 0.1) is 5.25 Å². The molecular weight excluding hydrogens is 258 g/mol. The van der Waals surface area contributed by atoms with E-state index < -0.39 is 9.84 Å². The maximum atomic E-state index is 11.8. The Bertz CT molecular complexity index is 406. The van der Waals surface area contributed by atoms with Crippen molar-refractivity contribution in [2.45, 2.75) is 75.5 Å². The summed E-state index contributed by atoms with van der Waals surface area (Å²) >= 11 is 0. The van der Waals surface area contributed by atoms with Gasteiger partial charge >= 0.3 is 0 Å². The van der Waals surface area contributed by atoms with Crippen molar-refractivity contribution in [1.82, 2.24) is 0 Å². The van der Waals surface area contributed by atoms with Crippen molar-refractivity contribution in [2.24, 2.45) is 17.6 Å². The molecular formula is C15H29NO2S. The summed E-state index contributed by atoms with van der Waals surface area (Å²) in [7, 11) is -2.90. The van der Waals surface area contributed by atoms with Crippen LogP contribution >= 0.6 is 0 Å². The van der Waals surface area contributed by atoms with Crippen LogP contribution in [0.15, 0.2) is 0 Å². The summed E-state index contributed by atoms with van der Waals surface area (Å²) in [4.78, 5) is 0. The highest BCUT2D eigenvalue weighted by molar-refractivity contribution is 7.91. The Kier molecular flexibility index (Phi) is 4.61. The first kappa shape index (κ1) is 15.3. The molecule has 3 nitrogen and oxygen atoms in total. The normalized spacial score (nSPS) is 41.1. The first-order valence-corrected chi connectivity index (χ1v) is 9.81. The third-order valence-electron chi connectivity index (χ3n) is 5.66. The first-order valence-electron chi connectivity index (χ1n) is 7.85. The highest BCUT2D eigenvalue weighted by Crippen LogP contribution is 2.45. The number of rotatable bonds is 3. The third kappa shape index (κ3) is 3.15. The average Bonchev–Trinajstić information content (AvgIpc) is 2.38. The van der Waals surface area contributed by atoms with Gasteiger partial charge in [-0.2, -0.15) is 0 Å². The van der Waals surface area contributed by atoms with Crippen molar-refractivity contribution in [3.63, 3.8) is 0 Å². The Balaban J connectivity index is 2.15. The zero-order valence-electron chi connectivity index (χ0n) is 12.4. The fourth-order valence-electron chi connectivity index (χ4n) is 4.44. The van der Waals surface area contributed by atoms with Crippen LogP contribution in [0.4, 0.5) is 0 Å². The van der Waals surface area contributed by atoms with Crippen molar-refractivity contribution in [1.29, 1.82) is 0 Å². The van der Waals surface area contributed by atoms with Gasteiger partial charge in [-0.3, -0.25) is 0 Å². The molecule has 0 aromatic heterocycles. The maximum absolute atomic E-state index is 11.8. The zero-order valence-corrected chi connectivity index (χ0v) is 13.2. The minimum absolute atomic E-state index is 0.101. The van der Waals surface area contributed by atoms with Gasteiger partial charge < -0.3 is 5.73 Å². The largest absolute Gasteiger partial charge is 0.325 e. The van der Waals surface area contributed by atoms with E-state index in [1.165, 1.54) is 25.5 Å².